The van der Waals surface area contributed by atoms with Crippen LogP contribution in [0.2, 0.25) is 0 Å². The van der Waals surface area contributed by atoms with Crippen LogP contribution in [0.25, 0.3) is 0 Å². The van der Waals surface area contributed by atoms with E-state index in [0.717, 1.165) is 37.3 Å². The van der Waals surface area contributed by atoms with E-state index in [-0.39, 0.29) is 6.04 Å². The second-order valence-electron chi connectivity index (χ2n) is 5.07. The Hall–Kier alpha value is -0.970. The first-order valence-corrected chi connectivity index (χ1v) is 7.22. The Labute approximate surface area is 117 Å². The highest BCUT2D eigenvalue weighted by atomic mass is 15.1. The highest BCUT2D eigenvalue weighted by Crippen LogP contribution is 2.22. The summed E-state index contributed by atoms with van der Waals surface area (Å²) in [5.74, 6) is 0.322. The summed E-state index contributed by atoms with van der Waals surface area (Å²) in [6.45, 7) is 10.2. The fourth-order valence-corrected chi connectivity index (χ4v) is 2.38. The summed E-state index contributed by atoms with van der Waals surface area (Å²) in [6, 6.07) is 4.06. The molecule has 0 aromatic carbocycles. The summed E-state index contributed by atoms with van der Waals surface area (Å²) in [5.41, 5.74) is 14.4. The summed E-state index contributed by atoms with van der Waals surface area (Å²) >= 11 is 0. The summed E-state index contributed by atoms with van der Waals surface area (Å²) in [6.07, 6.45) is 2.86. The quantitative estimate of drug-likeness (QED) is 0.750. The van der Waals surface area contributed by atoms with E-state index >= 15 is 0 Å². The molecule has 19 heavy (non-hydrogen) atoms. The Bertz CT molecular complexity index is 363. The standard InChI is InChI=1S/C15H28N4/c1-4-19(5-2)9-7-14(11-16)15(17)13-6-8-18-12(3)10-13/h6,8,10,14-15H,4-5,7,9,11,16-17H2,1-3H3. The van der Waals surface area contributed by atoms with Crippen LogP contribution in [0.5, 0.6) is 0 Å². The minimum absolute atomic E-state index is 0.00209. The molecule has 4 nitrogen and oxygen atoms in total. The molecule has 1 rings (SSSR count). The zero-order valence-corrected chi connectivity index (χ0v) is 12.5. The predicted molar refractivity (Wildman–Crippen MR) is 80.9 cm³/mol. The highest BCUT2D eigenvalue weighted by Gasteiger charge is 2.19. The van der Waals surface area contributed by atoms with Gasteiger partial charge in [0.25, 0.3) is 0 Å². The molecule has 0 aliphatic heterocycles. The zero-order chi connectivity index (χ0) is 14.3. The molecule has 0 bridgehead atoms. The van der Waals surface area contributed by atoms with E-state index in [1.54, 1.807) is 0 Å². The van der Waals surface area contributed by atoms with Crippen molar-refractivity contribution in [1.82, 2.24) is 9.88 Å². The molecule has 0 saturated carbocycles. The molecule has 1 heterocycles. The van der Waals surface area contributed by atoms with Gasteiger partial charge in [-0.15, -0.1) is 0 Å². The summed E-state index contributed by atoms with van der Waals surface area (Å²) in [5, 5.41) is 0. The smallest absolute Gasteiger partial charge is 0.0375 e. The normalized spacial score (nSPS) is 14.6. The number of nitrogens with two attached hydrogens (primary N) is 2. The van der Waals surface area contributed by atoms with Gasteiger partial charge >= 0.3 is 0 Å². The van der Waals surface area contributed by atoms with Gasteiger partial charge in [-0.25, -0.2) is 0 Å². The van der Waals surface area contributed by atoms with Crippen LogP contribution in [0.15, 0.2) is 18.3 Å². The number of aryl methyl sites for hydroxylation is 1. The van der Waals surface area contributed by atoms with Gasteiger partial charge in [-0.2, -0.15) is 0 Å². The summed E-state index contributed by atoms with van der Waals surface area (Å²) in [4.78, 5) is 6.62. The molecule has 4 heteroatoms. The van der Waals surface area contributed by atoms with Crippen molar-refractivity contribution in [2.75, 3.05) is 26.2 Å². The maximum absolute atomic E-state index is 6.36. The maximum atomic E-state index is 6.36. The van der Waals surface area contributed by atoms with E-state index in [0.29, 0.717) is 12.5 Å². The molecule has 0 radical (unpaired) electrons. The maximum Gasteiger partial charge on any atom is 0.0375 e. The second-order valence-corrected chi connectivity index (χ2v) is 5.07. The molecule has 108 valence electrons. The topological polar surface area (TPSA) is 68.2 Å². The molecule has 0 aliphatic rings. The molecule has 0 aliphatic carbocycles. The molecule has 0 fully saturated rings. The molecule has 1 aromatic rings. The fourth-order valence-electron chi connectivity index (χ4n) is 2.38. The summed E-state index contributed by atoms with van der Waals surface area (Å²) in [7, 11) is 0. The molecular formula is C15H28N4. The van der Waals surface area contributed by atoms with Crippen LogP contribution < -0.4 is 11.5 Å². The number of nitrogens with zero attached hydrogens (tertiary/aromatic N) is 2. The van der Waals surface area contributed by atoms with Crippen molar-refractivity contribution < 1.29 is 0 Å². The summed E-state index contributed by atoms with van der Waals surface area (Å²) < 4.78 is 0. The third-order valence-electron chi connectivity index (χ3n) is 3.83. The van der Waals surface area contributed by atoms with E-state index < -0.39 is 0 Å². The Morgan fingerprint density at radius 3 is 2.53 bits per heavy atom. The van der Waals surface area contributed by atoms with Crippen LogP contribution in [-0.4, -0.2) is 36.1 Å². The third kappa shape index (κ3) is 4.90. The van der Waals surface area contributed by atoms with Gasteiger partial charge in [0.2, 0.25) is 0 Å². The number of hydrogen-bond donors (Lipinski definition) is 2. The van der Waals surface area contributed by atoms with Crippen molar-refractivity contribution in [2.45, 2.75) is 33.2 Å². The van der Waals surface area contributed by atoms with Gasteiger partial charge in [0.1, 0.15) is 0 Å². The molecule has 0 saturated heterocycles. The van der Waals surface area contributed by atoms with Gasteiger partial charge in [0.05, 0.1) is 0 Å². The zero-order valence-electron chi connectivity index (χ0n) is 12.5. The van der Waals surface area contributed by atoms with Gasteiger partial charge < -0.3 is 16.4 Å². The Morgan fingerprint density at radius 2 is 2.00 bits per heavy atom. The van der Waals surface area contributed by atoms with Crippen LogP contribution in [0.3, 0.4) is 0 Å². The number of pyridine rings is 1. The predicted octanol–water partition coefficient (Wildman–Crippen LogP) is 1.70. The van der Waals surface area contributed by atoms with Crippen LogP contribution in [0.1, 0.15) is 37.6 Å². The lowest BCUT2D eigenvalue weighted by Gasteiger charge is -2.26. The van der Waals surface area contributed by atoms with Crippen LogP contribution in [0.4, 0.5) is 0 Å². The van der Waals surface area contributed by atoms with Crippen molar-refractivity contribution in [1.29, 1.82) is 0 Å². The van der Waals surface area contributed by atoms with Gasteiger partial charge in [-0.1, -0.05) is 13.8 Å². The molecular weight excluding hydrogens is 236 g/mol. The first kappa shape index (κ1) is 16.1. The fraction of sp³-hybridized carbons (Fsp3) is 0.667. The average Bonchev–Trinajstić information content (AvgIpc) is 2.43. The van der Waals surface area contributed by atoms with Crippen molar-refractivity contribution in [3.05, 3.63) is 29.6 Å². The van der Waals surface area contributed by atoms with E-state index in [9.17, 15) is 0 Å². The van der Waals surface area contributed by atoms with Gasteiger partial charge in [-0.05, 0) is 63.1 Å². The molecule has 4 N–H and O–H groups in total. The number of hydrogen-bond acceptors (Lipinski definition) is 4. The average molecular weight is 264 g/mol. The van der Waals surface area contributed by atoms with E-state index in [4.69, 9.17) is 11.5 Å². The van der Waals surface area contributed by atoms with Gasteiger partial charge in [-0.3, -0.25) is 4.98 Å². The lowest BCUT2D eigenvalue weighted by molar-refractivity contribution is 0.264. The van der Waals surface area contributed by atoms with Crippen molar-refractivity contribution in [3.8, 4) is 0 Å². The van der Waals surface area contributed by atoms with E-state index in [2.05, 4.69) is 29.8 Å². The monoisotopic (exact) mass is 264 g/mol. The number of rotatable bonds is 8. The van der Waals surface area contributed by atoms with Crippen LogP contribution >= 0.6 is 0 Å². The van der Waals surface area contributed by atoms with Crippen LogP contribution in [-0.2, 0) is 0 Å². The molecule has 1 aromatic heterocycles. The van der Waals surface area contributed by atoms with Crippen molar-refractivity contribution in [2.24, 2.45) is 17.4 Å². The lowest BCUT2D eigenvalue weighted by atomic mass is 9.91. The van der Waals surface area contributed by atoms with Gasteiger partial charge in [0.15, 0.2) is 0 Å². The Morgan fingerprint density at radius 1 is 1.32 bits per heavy atom. The second kappa shape index (κ2) is 8.25. The minimum Gasteiger partial charge on any atom is -0.330 e. The number of aromatic nitrogens is 1. The first-order valence-electron chi connectivity index (χ1n) is 7.22. The minimum atomic E-state index is 0.00209. The van der Waals surface area contributed by atoms with Gasteiger partial charge in [0, 0.05) is 17.9 Å². The van der Waals surface area contributed by atoms with Crippen molar-refractivity contribution >= 4 is 0 Å². The van der Waals surface area contributed by atoms with E-state index in [1.807, 2.05) is 19.2 Å². The Kier molecular flexibility index (Phi) is 6.99. The first-order chi connectivity index (χ1) is 9.12. The van der Waals surface area contributed by atoms with Crippen molar-refractivity contribution in [3.63, 3.8) is 0 Å². The third-order valence-corrected chi connectivity index (χ3v) is 3.83. The van der Waals surface area contributed by atoms with E-state index in [1.165, 1.54) is 0 Å². The molecule has 2 atom stereocenters. The highest BCUT2D eigenvalue weighted by molar-refractivity contribution is 5.19. The lowest BCUT2D eigenvalue weighted by Crippen LogP contribution is -2.33. The molecule has 0 spiro atoms. The van der Waals surface area contributed by atoms with Crippen LogP contribution in [0, 0.1) is 12.8 Å². The SMILES string of the molecule is CCN(CC)CCC(CN)C(N)c1ccnc(C)c1. The molecule has 0 amide bonds. The molecule has 2 unspecified atom stereocenters. The largest absolute Gasteiger partial charge is 0.330 e. The Balaban J connectivity index is 2.63.